The fourth-order valence-electron chi connectivity index (χ4n) is 9.10. The third-order valence-electron chi connectivity index (χ3n) is 11.7. The first-order valence-corrected chi connectivity index (χ1v) is 19.1. The molecule has 0 spiro atoms. The fraction of sp³-hybridized carbons (Fsp3) is 0.0577. The van der Waals surface area contributed by atoms with Crippen molar-refractivity contribution in [2.24, 2.45) is 0 Å². The van der Waals surface area contributed by atoms with Gasteiger partial charge in [-0.15, -0.1) is 0 Å². The maximum atomic E-state index is 5.10. The standard InChI is InChI=1S/C52H37N3/c1-52(2)45-33-38(36-21-23-37(24-22-36)51-53-46-18-10-12-20-48(46)55(51)39-15-7-4-8-16-39)27-30-41(45)43-31-32-44-42-17-9-11-19-47(42)54(50(44)49(43)52)40-28-25-35(26-29-40)34-13-5-3-6-14-34/h3-33H,1-2H3. The summed E-state index contributed by atoms with van der Waals surface area (Å²) in [5.74, 6) is 0.943. The lowest BCUT2D eigenvalue weighted by molar-refractivity contribution is 0.664. The number of fused-ring (bicyclic) bond motifs is 8. The first-order valence-electron chi connectivity index (χ1n) is 19.1. The van der Waals surface area contributed by atoms with Crippen molar-refractivity contribution in [1.29, 1.82) is 0 Å². The van der Waals surface area contributed by atoms with E-state index in [1.807, 2.05) is 0 Å². The molecule has 260 valence electrons. The molecule has 2 aromatic heterocycles. The van der Waals surface area contributed by atoms with Gasteiger partial charge < -0.3 is 4.57 Å². The molecule has 8 aromatic carbocycles. The second-order valence-electron chi connectivity index (χ2n) is 15.2. The van der Waals surface area contributed by atoms with Gasteiger partial charge in [-0.3, -0.25) is 4.57 Å². The van der Waals surface area contributed by atoms with Gasteiger partial charge in [-0.05, 0) is 93.0 Å². The van der Waals surface area contributed by atoms with Crippen LogP contribution in [0.3, 0.4) is 0 Å². The maximum Gasteiger partial charge on any atom is 0.145 e. The number of benzene rings is 8. The molecule has 3 heteroatoms. The summed E-state index contributed by atoms with van der Waals surface area (Å²) in [4.78, 5) is 5.10. The van der Waals surface area contributed by atoms with Crippen molar-refractivity contribution in [1.82, 2.24) is 14.1 Å². The van der Waals surface area contributed by atoms with E-state index in [1.54, 1.807) is 0 Å². The van der Waals surface area contributed by atoms with E-state index in [0.717, 1.165) is 28.1 Å². The van der Waals surface area contributed by atoms with Crippen molar-refractivity contribution in [2.45, 2.75) is 19.3 Å². The van der Waals surface area contributed by atoms with Gasteiger partial charge in [0.05, 0.1) is 22.1 Å². The molecule has 0 atom stereocenters. The number of imidazole rings is 1. The van der Waals surface area contributed by atoms with E-state index < -0.39 is 0 Å². The number of aromatic nitrogens is 3. The van der Waals surface area contributed by atoms with E-state index in [0.29, 0.717) is 0 Å². The molecule has 0 amide bonds. The Morgan fingerprint density at radius 3 is 1.76 bits per heavy atom. The molecule has 0 bridgehead atoms. The van der Waals surface area contributed by atoms with Crippen LogP contribution < -0.4 is 0 Å². The number of rotatable bonds is 5. The predicted molar refractivity (Wildman–Crippen MR) is 229 cm³/mol. The van der Waals surface area contributed by atoms with Crippen LogP contribution in [0, 0.1) is 0 Å². The molecule has 0 fully saturated rings. The van der Waals surface area contributed by atoms with Gasteiger partial charge >= 0.3 is 0 Å². The topological polar surface area (TPSA) is 22.8 Å². The highest BCUT2D eigenvalue weighted by molar-refractivity contribution is 6.13. The molecule has 0 saturated heterocycles. The summed E-state index contributed by atoms with van der Waals surface area (Å²) in [5.41, 5.74) is 18.0. The Kier molecular flexibility index (Phi) is 6.90. The minimum absolute atomic E-state index is 0.225. The summed E-state index contributed by atoms with van der Waals surface area (Å²) >= 11 is 0. The molecular formula is C52H37N3. The second-order valence-corrected chi connectivity index (χ2v) is 15.2. The SMILES string of the molecule is CC1(C)c2cc(-c3ccc(-c4nc5ccccc5n4-c4ccccc4)cc3)ccc2-c2ccc3c4ccccc4n(-c4ccc(-c5ccccc5)cc4)c3c21. The zero-order valence-corrected chi connectivity index (χ0v) is 30.7. The minimum atomic E-state index is -0.225. The first-order chi connectivity index (χ1) is 27.0. The van der Waals surface area contributed by atoms with Crippen molar-refractivity contribution in [3.05, 3.63) is 199 Å². The average molecular weight is 704 g/mol. The number of hydrogen-bond acceptors (Lipinski definition) is 1. The zero-order chi connectivity index (χ0) is 36.7. The van der Waals surface area contributed by atoms with Crippen molar-refractivity contribution in [3.8, 4) is 56.1 Å². The number of nitrogens with zero attached hydrogens (tertiary/aromatic N) is 3. The number of para-hydroxylation sites is 4. The zero-order valence-electron chi connectivity index (χ0n) is 30.7. The van der Waals surface area contributed by atoms with Gasteiger partial charge in [0, 0.05) is 33.1 Å². The maximum absolute atomic E-state index is 5.10. The van der Waals surface area contributed by atoms with Crippen molar-refractivity contribution >= 4 is 32.8 Å². The van der Waals surface area contributed by atoms with Crippen LogP contribution >= 0.6 is 0 Å². The quantitative estimate of drug-likeness (QED) is 0.175. The van der Waals surface area contributed by atoms with Crippen molar-refractivity contribution < 1.29 is 0 Å². The highest BCUT2D eigenvalue weighted by Gasteiger charge is 2.39. The van der Waals surface area contributed by atoms with Crippen molar-refractivity contribution in [2.75, 3.05) is 0 Å². The largest absolute Gasteiger partial charge is 0.309 e. The lowest BCUT2D eigenvalue weighted by Gasteiger charge is -2.24. The Labute approximate surface area is 320 Å². The van der Waals surface area contributed by atoms with Crippen LogP contribution in [-0.4, -0.2) is 14.1 Å². The molecule has 0 aliphatic heterocycles. The molecule has 0 radical (unpaired) electrons. The smallest absolute Gasteiger partial charge is 0.145 e. The number of hydrogen-bond donors (Lipinski definition) is 0. The second kappa shape index (κ2) is 12.0. The molecule has 0 unspecified atom stereocenters. The Bertz CT molecular complexity index is 3070. The summed E-state index contributed by atoms with van der Waals surface area (Å²) in [6.07, 6.45) is 0. The van der Waals surface area contributed by atoms with E-state index in [4.69, 9.17) is 4.98 Å². The normalized spacial score (nSPS) is 13.1. The van der Waals surface area contributed by atoms with Gasteiger partial charge in [0.2, 0.25) is 0 Å². The van der Waals surface area contributed by atoms with E-state index in [9.17, 15) is 0 Å². The van der Waals surface area contributed by atoms with Crippen LogP contribution in [-0.2, 0) is 5.41 Å². The van der Waals surface area contributed by atoms with Crippen molar-refractivity contribution in [3.63, 3.8) is 0 Å². The van der Waals surface area contributed by atoms with E-state index >= 15 is 0 Å². The Morgan fingerprint density at radius 1 is 0.418 bits per heavy atom. The molecule has 1 aliphatic rings. The van der Waals surface area contributed by atoms with Gasteiger partial charge in [-0.2, -0.15) is 0 Å². The van der Waals surface area contributed by atoms with E-state index in [-0.39, 0.29) is 5.41 Å². The van der Waals surface area contributed by atoms with Gasteiger partial charge in [-0.1, -0.05) is 153 Å². The molecule has 0 N–H and O–H groups in total. The van der Waals surface area contributed by atoms with Gasteiger partial charge in [0.25, 0.3) is 0 Å². The summed E-state index contributed by atoms with van der Waals surface area (Å²) < 4.78 is 4.76. The monoisotopic (exact) mass is 703 g/mol. The van der Waals surface area contributed by atoms with Gasteiger partial charge in [0.15, 0.2) is 0 Å². The van der Waals surface area contributed by atoms with Gasteiger partial charge in [-0.25, -0.2) is 4.98 Å². The highest BCUT2D eigenvalue weighted by atomic mass is 15.1. The lowest BCUT2D eigenvalue weighted by Crippen LogP contribution is -2.16. The minimum Gasteiger partial charge on any atom is -0.309 e. The molecular weight excluding hydrogens is 667 g/mol. The molecule has 55 heavy (non-hydrogen) atoms. The average Bonchev–Trinajstić information content (AvgIpc) is 3.87. The van der Waals surface area contributed by atoms with Crippen LogP contribution in [0.25, 0.3) is 89.0 Å². The first kappa shape index (κ1) is 31.5. The van der Waals surface area contributed by atoms with Crippen LogP contribution in [0.15, 0.2) is 188 Å². The summed E-state index contributed by atoms with van der Waals surface area (Å²) in [6.45, 7) is 4.80. The van der Waals surface area contributed by atoms with E-state index in [2.05, 4.69) is 211 Å². The van der Waals surface area contributed by atoms with E-state index in [1.165, 1.54) is 72.0 Å². The van der Waals surface area contributed by atoms with Gasteiger partial charge in [0.1, 0.15) is 5.82 Å². The summed E-state index contributed by atoms with van der Waals surface area (Å²) in [5, 5.41) is 2.57. The molecule has 3 nitrogen and oxygen atoms in total. The fourth-order valence-corrected chi connectivity index (χ4v) is 9.10. The predicted octanol–water partition coefficient (Wildman–Crippen LogP) is 13.4. The van der Waals surface area contributed by atoms with Crippen LogP contribution in [0.1, 0.15) is 25.0 Å². The Balaban J connectivity index is 1.01. The molecule has 2 heterocycles. The molecule has 1 aliphatic carbocycles. The summed E-state index contributed by atoms with van der Waals surface area (Å²) in [7, 11) is 0. The third-order valence-corrected chi connectivity index (χ3v) is 11.7. The van der Waals surface area contributed by atoms with Crippen LogP contribution in [0.2, 0.25) is 0 Å². The van der Waals surface area contributed by atoms with Crippen LogP contribution in [0.4, 0.5) is 0 Å². The summed E-state index contributed by atoms with van der Waals surface area (Å²) in [6, 6.07) is 68.1. The highest BCUT2D eigenvalue weighted by Crippen LogP contribution is 2.53. The lowest BCUT2D eigenvalue weighted by atomic mass is 9.80. The Hall–Kier alpha value is -6.97. The molecule has 11 rings (SSSR count). The third kappa shape index (κ3) is 4.79. The Morgan fingerprint density at radius 2 is 0.982 bits per heavy atom. The molecule has 0 saturated carbocycles. The van der Waals surface area contributed by atoms with Crippen LogP contribution in [0.5, 0.6) is 0 Å². The molecule has 10 aromatic rings.